The molecule has 0 saturated heterocycles. The zero-order valence-electron chi connectivity index (χ0n) is 9.66. The fraction of sp³-hybridized carbons (Fsp3) is 0.545. The van der Waals surface area contributed by atoms with Crippen molar-refractivity contribution < 1.29 is 4.74 Å². The highest BCUT2D eigenvalue weighted by Crippen LogP contribution is 2.27. The summed E-state index contributed by atoms with van der Waals surface area (Å²) in [5.41, 5.74) is 0. The Morgan fingerprint density at radius 3 is 2.50 bits per heavy atom. The number of rotatable bonds is 0. The predicted octanol–water partition coefficient (Wildman–Crippen LogP) is 3.28. The fourth-order valence-corrected chi connectivity index (χ4v) is 1.01. The zero-order valence-corrected chi connectivity index (χ0v) is 9.66. The summed E-state index contributed by atoms with van der Waals surface area (Å²) in [6.07, 6.45) is 1.80. The molecule has 1 aromatic heterocycles. The summed E-state index contributed by atoms with van der Waals surface area (Å²) < 4.78 is 5.33. The van der Waals surface area contributed by atoms with Crippen LogP contribution in [0.25, 0.3) is 0 Å². The summed E-state index contributed by atoms with van der Waals surface area (Å²) in [4.78, 5) is 4.07. The van der Waals surface area contributed by atoms with Crippen LogP contribution in [0.2, 0.25) is 0 Å². The van der Waals surface area contributed by atoms with Gasteiger partial charge in [-0.2, -0.15) is 0 Å². The van der Waals surface area contributed by atoms with Gasteiger partial charge in [-0.1, -0.05) is 27.7 Å². The molecule has 1 unspecified atom stereocenters. The van der Waals surface area contributed by atoms with E-state index in [1.165, 1.54) is 0 Å². The quantitative estimate of drug-likeness (QED) is 0.691. The second kappa shape index (κ2) is 7.18. The lowest BCUT2D eigenvalue weighted by Gasteiger charge is -2.00. The maximum absolute atomic E-state index is 5.33. The van der Waals surface area contributed by atoms with Crippen LogP contribution in [-0.2, 0) is 0 Å². The van der Waals surface area contributed by atoms with Crippen molar-refractivity contribution in [3.05, 3.63) is 18.3 Å². The first-order chi connectivity index (χ1) is 6.86. The predicted molar refractivity (Wildman–Crippen MR) is 60.6 cm³/mol. The number of nitrogens with one attached hydrogen (secondary N) is 1. The Morgan fingerprint density at radius 2 is 1.93 bits per heavy atom. The van der Waals surface area contributed by atoms with Gasteiger partial charge in [0.2, 0.25) is 0 Å². The van der Waals surface area contributed by atoms with E-state index in [-0.39, 0.29) is 6.23 Å². The summed E-state index contributed by atoms with van der Waals surface area (Å²) in [7, 11) is 0. The lowest BCUT2D eigenvalue weighted by molar-refractivity contribution is 0.275. The summed E-state index contributed by atoms with van der Waals surface area (Å²) in [5, 5.41) is 3.06. The minimum atomic E-state index is 0.0601. The van der Waals surface area contributed by atoms with Gasteiger partial charge in [-0.15, -0.1) is 0 Å². The van der Waals surface area contributed by atoms with Crippen LogP contribution in [-0.4, -0.2) is 11.2 Å². The highest BCUT2D eigenvalue weighted by Gasteiger charge is 2.16. The van der Waals surface area contributed by atoms with Gasteiger partial charge < -0.3 is 10.1 Å². The Balaban J connectivity index is 0.000000379. The summed E-state index contributed by atoms with van der Waals surface area (Å²) in [6.45, 7) is 9.95. The molecule has 1 N–H and O–H groups in total. The van der Waals surface area contributed by atoms with Crippen LogP contribution in [0.5, 0.6) is 5.75 Å². The molecule has 0 radical (unpaired) electrons. The van der Waals surface area contributed by atoms with E-state index in [4.69, 9.17) is 4.74 Å². The van der Waals surface area contributed by atoms with E-state index in [0.29, 0.717) is 0 Å². The van der Waals surface area contributed by atoms with Gasteiger partial charge in [-0.25, -0.2) is 4.98 Å². The first-order valence-electron chi connectivity index (χ1n) is 5.24. The minimum absolute atomic E-state index is 0.0601. The Kier molecular flexibility index (Phi) is 6.54. The van der Waals surface area contributed by atoms with Gasteiger partial charge in [-0.05, 0) is 19.1 Å². The first kappa shape index (κ1) is 12.8. The Hall–Kier alpha value is -1.25. The lowest BCUT2D eigenvalue weighted by Crippen LogP contribution is -2.14. The van der Waals surface area contributed by atoms with Gasteiger partial charge >= 0.3 is 0 Å². The zero-order chi connectivity index (χ0) is 11.0. The Bertz CT molecular complexity index is 226. The van der Waals surface area contributed by atoms with Gasteiger partial charge in [0.05, 0.1) is 0 Å². The first-order valence-corrected chi connectivity index (χ1v) is 5.24. The molecule has 0 amide bonds. The normalized spacial score (nSPS) is 15.9. The van der Waals surface area contributed by atoms with Crippen molar-refractivity contribution >= 4 is 5.82 Å². The smallest absolute Gasteiger partial charge is 0.171 e. The van der Waals surface area contributed by atoms with E-state index in [1.54, 1.807) is 6.20 Å². The largest absolute Gasteiger partial charge is 0.467 e. The number of nitrogens with zero attached hydrogens (tertiary/aromatic N) is 1. The monoisotopic (exact) mass is 196 g/mol. The van der Waals surface area contributed by atoms with E-state index in [9.17, 15) is 0 Å². The summed E-state index contributed by atoms with van der Waals surface area (Å²) in [6, 6.07) is 3.76. The van der Waals surface area contributed by atoms with Crippen LogP contribution in [0.4, 0.5) is 5.82 Å². The number of hydrogen-bond donors (Lipinski definition) is 1. The molecule has 3 heteroatoms. The van der Waals surface area contributed by atoms with Gasteiger partial charge in [0.1, 0.15) is 0 Å². The molecule has 0 spiro atoms. The van der Waals surface area contributed by atoms with Crippen molar-refractivity contribution in [1.29, 1.82) is 0 Å². The molecule has 1 aromatic rings. The van der Waals surface area contributed by atoms with E-state index >= 15 is 0 Å². The number of pyridine rings is 1. The molecule has 80 valence electrons. The van der Waals surface area contributed by atoms with Gasteiger partial charge in [-0.3, -0.25) is 0 Å². The highest BCUT2D eigenvalue weighted by molar-refractivity contribution is 5.53. The summed E-state index contributed by atoms with van der Waals surface area (Å²) in [5.74, 6) is 1.69. The molecule has 1 aliphatic rings. The number of hydrogen-bond acceptors (Lipinski definition) is 3. The lowest BCUT2D eigenvalue weighted by atomic mass is 10.4. The molecule has 2 heterocycles. The number of aromatic nitrogens is 1. The molecule has 14 heavy (non-hydrogen) atoms. The molecule has 0 saturated carbocycles. The molecule has 2 rings (SSSR count). The number of fused-ring (bicyclic) bond motifs is 1. The second-order valence-electron chi connectivity index (χ2n) is 2.25. The third kappa shape index (κ3) is 3.24. The van der Waals surface area contributed by atoms with Gasteiger partial charge in [0.15, 0.2) is 17.8 Å². The van der Waals surface area contributed by atoms with Crippen molar-refractivity contribution in [2.45, 2.75) is 40.8 Å². The molecular weight excluding hydrogens is 176 g/mol. The topological polar surface area (TPSA) is 34.2 Å². The van der Waals surface area contributed by atoms with Crippen molar-refractivity contribution in [3.63, 3.8) is 0 Å². The maximum atomic E-state index is 5.33. The van der Waals surface area contributed by atoms with Crippen LogP contribution in [0.3, 0.4) is 0 Å². The Labute approximate surface area is 86.5 Å². The summed E-state index contributed by atoms with van der Waals surface area (Å²) >= 11 is 0. The highest BCUT2D eigenvalue weighted by atomic mass is 16.5. The average molecular weight is 196 g/mol. The third-order valence-electron chi connectivity index (χ3n) is 1.41. The molecular formula is C11H20N2O. The van der Waals surface area contributed by atoms with E-state index in [0.717, 1.165) is 11.6 Å². The van der Waals surface area contributed by atoms with Gasteiger partial charge in [0, 0.05) is 6.20 Å². The second-order valence-corrected chi connectivity index (χ2v) is 2.25. The number of ether oxygens (including phenoxy) is 1. The third-order valence-corrected chi connectivity index (χ3v) is 1.41. The molecule has 0 aliphatic carbocycles. The fourth-order valence-electron chi connectivity index (χ4n) is 1.01. The molecule has 1 atom stereocenters. The van der Waals surface area contributed by atoms with E-state index in [1.807, 2.05) is 46.8 Å². The van der Waals surface area contributed by atoms with Crippen LogP contribution in [0, 0.1) is 0 Å². The number of anilines is 1. The maximum Gasteiger partial charge on any atom is 0.171 e. The average Bonchev–Trinajstić information content (AvgIpc) is 2.64. The minimum Gasteiger partial charge on any atom is -0.467 e. The van der Waals surface area contributed by atoms with Crippen molar-refractivity contribution in [3.8, 4) is 5.75 Å². The molecule has 0 aromatic carbocycles. The molecule has 1 aliphatic heterocycles. The van der Waals surface area contributed by atoms with Crippen molar-refractivity contribution in [2.24, 2.45) is 0 Å². The van der Waals surface area contributed by atoms with Crippen LogP contribution >= 0.6 is 0 Å². The SMILES string of the molecule is CC.CC.CC1Nc2ncccc2O1. The van der Waals surface area contributed by atoms with E-state index in [2.05, 4.69) is 10.3 Å². The standard InChI is InChI=1S/C7H8N2O.2C2H6/c1-5-9-7-6(10-5)3-2-4-8-7;2*1-2/h2-5H,1H3,(H,8,9);2*1-2H3. The van der Waals surface area contributed by atoms with Crippen molar-refractivity contribution in [1.82, 2.24) is 4.98 Å². The van der Waals surface area contributed by atoms with Crippen LogP contribution < -0.4 is 10.1 Å². The molecule has 0 bridgehead atoms. The molecule has 0 fully saturated rings. The van der Waals surface area contributed by atoms with Crippen LogP contribution in [0.15, 0.2) is 18.3 Å². The van der Waals surface area contributed by atoms with Crippen molar-refractivity contribution in [2.75, 3.05) is 5.32 Å². The molecule has 3 nitrogen and oxygen atoms in total. The van der Waals surface area contributed by atoms with Gasteiger partial charge in [0.25, 0.3) is 0 Å². The van der Waals surface area contributed by atoms with E-state index < -0.39 is 0 Å². The Morgan fingerprint density at radius 1 is 1.29 bits per heavy atom. The van der Waals surface area contributed by atoms with Crippen LogP contribution in [0.1, 0.15) is 34.6 Å².